The second-order valence-corrected chi connectivity index (χ2v) is 8.75. The molecule has 2 aliphatic heterocycles. The van der Waals surface area contributed by atoms with Crippen LogP contribution in [0.2, 0.25) is 0 Å². The first-order chi connectivity index (χ1) is 14.4. The van der Waals surface area contributed by atoms with Crippen LogP contribution in [0.25, 0.3) is 6.08 Å². The molecule has 0 saturated carbocycles. The summed E-state index contributed by atoms with van der Waals surface area (Å²) in [6.07, 6.45) is 1.79. The number of carbonyl (C=O) groups excluding carboxylic acids is 2. The number of hydrogen-bond acceptors (Lipinski definition) is 6. The molecule has 0 atom stereocenters. The molecule has 0 radical (unpaired) electrons. The number of aryl methyl sites for hydroxylation is 2. The Bertz CT molecular complexity index is 1060. The predicted molar refractivity (Wildman–Crippen MR) is 121 cm³/mol. The van der Waals surface area contributed by atoms with Crippen LogP contribution in [0.15, 0.2) is 41.3 Å². The highest BCUT2D eigenvalue weighted by Crippen LogP contribution is 2.36. The molecule has 1 saturated heterocycles. The highest BCUT2D eigenvalue weighted by Gasteiger charge is 2.31. The second kappa shape index (κ2) is 8.49. The third-order valence-corrected chi connectivity index (χ3v) is 6.05. The molecule has 2 amide bonds. The first kappa shape index (κ1) is 20.4. The molecule has 1 fully saturated rings. The van der Waals surface area contributed by atoms with Crippen LogP contribution in [-0.4, -0.2) is 40.9 Å². The SMILES string of the molecule is Cc1cc(C)cc(C(=O)NCCN2C(=O)C(=Cc3ccc4c(c3)OCO4)SC2=S)c1. The van der Waals surface area contributed by atoms with Crippen molar-refractivity contribution in [3.63, 3.8) is 0 Å². The fourth-order valence-corrected chi connectivity index (χ4v) is 4.64. The smallest absolute Gasteiger partial charge is 0.266 e. The highest BCUT2D eigenvalue weighted by atomic mass is 32.2. The Morgan fingerprint density at radius 1 is 1.17 bits per heavy atom. The molecule has 8 heteroatoms. The summed E-state index contributed by atoms with van der Waals surface area (Å²) in [5.74, 6) is 1.03. The van der Waals surface area contributed by atoms with E-state index in [1.165, 1.54) is 16.7 Å². The van der Waals surface area contributed by atoms with Gasteiger partial charge >= 0.3 is 0 Å². The van der Waals surface area contributed by atoms with Gasteiger partial charge in [-0.05, 0) is 49.8 Å². The topological polar surface area (TPSA) is 67.9 Å². The number of hydrogen-bond donors (Lipinski definition) is 1. The van der Waals surface area contributed by atoms with E-state index in [1.54, 1.807) is 6.08 Å². The van der Waals surface area contributed by atoms with Crippen LogP contribution in [0.4, 0.5) is 0 Å². The van der Waals surface area contributed by atoms with Crippen LogP contribution in [0.3, 0.4) is 0 Å². The molecule has 2 aromatic carbocycles. The van der Waals surface area contributed by atoms with Gasteiger partial charge in [-0.15, -0.1) is 0 Å². The largest absolute Gasteiger partial charge is 0.454 e. The number of amides is 2. The number of nitrogens with one attached hydrogen (secondary N) is 1. The van der Waals surface area contributed by atoms with Gasteiger partial charge in [0.2, 0.25) is 6.79 Å². The van der Waals surface area contributed by atoms with Gasteiger partial charge in [0.05, 0.1) is 4.91 Å². The molecule has 6 nitrogen and oxygen atoms in total. The summed E-state index contributed by atoms with van der Waals surface area (Å²) in [6.45, 7) is 4.75. The lowest BCUT2D eigenvalue weighted by molar-refractivity contribution is -0.122. The second-order valence-electron chi connectivity index (χ2n) is 7.08. The monoisotopic (exact) mass is 440 g/mol. The lowest BCUT2D eigenvalue weighted by atomic mass is 10.1. The van der Waals surface area contributed by atoms with Gasteiger partial charge in [-0.1, -0.05) is 47.2 Å². The van der Waals surface area contributed by atoms with Crippen LogP contribution < -0.4 is 14.8 Å². The Morgan fingerprint density at radius 3 is 2.67 bits per heavy atom. The van der Waals surface area contributed by atoms with Crippen LogP contribution >= 0.6 is 24.0 Å². The van der Waals surface area contributed by atoms with Crippen molar-refractivity contribution in [1.82, 2.24) is 10.2 Å². The molecule has 30 heavy (non-hydrogen) atoms. The Balaban J connectivity index is 1.38. The maximum Gasteiger partial charge on any atom is 0.266 e. The summed E-state index contributed by atoms with van der Waals surface area (Å²) < 4.78 is 11.2. The first-order valence-corrected chi connectivity index (χ1v) is 10.6. The third kappa shape index (κ3) is 4.34. The maximum absolute atomic E-state index is 12.8. The van der Waals surface area contributed by atoms with Crippen molar-refractivity contribution in [1.29, 1.82) is 0 Å². The average Bonchev–Trinajstić information content (AvgIpc) is 3.26. The summed E-state index contributed by atoms with van der Waals surface area (Å²) in [7, 11) is 0. The number of thiocarbonyl (C=S) groups is 1. The number of rotatable bonds is 5. The van der Waals surface area contributed by atoms with Gasteiger partial charge in [0.25, 0.3) is 11.8 Å². The van der Waals surface area contributed by atoms with E-state index in [2.05, 4.69) is 5.32 Å². The Hall–Kier alpha value is -2.84. The van der Waals surface area contributed by atoms with E-state index in [4.69, 9.17) is 21.7 Å². The molecule has 0 unspecified atom stereocenters. The van der Waals surface area contributed by atoms with Crippen molar-refractivity contribution < 1.29 is 19.1 Å². The molecule has 154 valence electrons. The Labute approximate surface area is 184 Å². The van der Waals surface area contributed by atoms with Gasteiger partial charge in [-0.25, -0.2) is 0 Å². The zero-order chi connectivity index (χ0) is 21.3. The average molecular weight is 441 g/mol. The number of thioether (sulfide) groups is 1. The number of ether oxygens (including phenoxy) is 2. The van der Waals surface area contributed by atoms with Crippen molar-refractivity contribution in [2.24, 2.45) is 0 Å². The quantitative estimate of drug-likeness (QED) is 0.565. The molecular formula is C22H20N2O4S2. The van der Waals surface area contributed by atoms with Gasteiger partial charge in [-0.2, -0.15) is 0 Å². The molecule has 4 rings (SSSR count). The number of fused-ring (bicyclic) bond motifs is 1. The Kier molecular flexibility index (Phi) is 5.78. The summed E-state index contributed by atoms with van der Waals surface area (Å²) >= 11 is 6.62. The molecule has 0 aliphatic carbocycles. The molecule has 0 aromatic heterocycles. The fourth-order valence-electron chi connectivity index (χ4n) is 3.34. The summed E-state index contributed by atoms with van der Waals surface area (Å²) in [5.41, 5.74) is 3.51. The maximum atomic E-state index is 12.8. The van der Waals surface area contributed by atoms with Crippen LogP contribution in [0, 0.1) is 13.8 Å². The van der Waals surface area contributed by atoms with E-state index in [9.17, 15) is 9.59 Å². The van der Waals surface area contributed by atoms with Crippen molar-refractivity contribution >= 4 is 46.2 Å². The molecule has 0 bridgehead atoms. The van der Waals surface area contributed by atoms with Crippen LogP contribution in [0.5, 0.6) is 11.5 Å². The van der Waals surface area contributed by atoms with Crippen LogP contribution in [-0.2, 0) is 4.79 Å². The molecular weight excluding hydrogens is 420 g/mol. The van der Waals surface area contributed by atoms with Crippen molar-refractivity contribution in [2.45, 2.75) is 13.8 Å². The molecule has 2 aromatic rings. The molecule has 0 spiro atoms. The highest BCUT2D eigenvalue weighted by molar-refractivity contribution is 8.26. The minimum absolute atomic E-state index is 0.164. The minimum Gasteiger partial charge on any atom is -0.454 e. The summed E-state index contributed by atoms with van der Waals surface area (Å²) in [4.78, 5) is 27.2. The first-order valence-electron chi connectivity index (χ1n) is 9.42. The normalized spacial score (nSPS) is 16.5. The van der Waals surface area contributed by atoms with E-state index >= 15 is 0 Å². The zero-order valence-corrected chi connectivity index (χ0v) is 18.2. The van der Waals surface area contributed by atoms with Crippen molar-refractivity contribution in [3.05, 3.63) is 63.6 Å². The van der Waals surface area contributed by atoms with E-state index in [1.807, 2.05) is 50.2 Å². The van der Waals surface area contributed by atoms with Gasteiger partial charge in [0.15, 0.2) is 11.5 Å². The Morgan fingerprint density at radius 2 is 1.90 bits per heavy atom. The van der Waals surface area contributed by atoms with E-state index < -0.39 is 0 Å². The summed E-state index contributed by atoms with van der Waals surface area (Å²) in [5, 5.41) is 2.86. The van der Waals surface area contributed by atoms with E-state index in [-0.39, 0.29) is 18.6 Å². The standard InChI is InChI=1S/C22H20N2O4S2/c1-13-7-14(2)9-16(8-13)20(25)23-5-6-24-21(26)19(30-22(24)29)11-15-3-4-17-18(10-15)28-12-27-17/h3-4,7-11H,5-6,12H2,1-2H3,(H,23,25). The summed E-state index contributed by atoms with van der Waals surface area (Å²) in [6, 6.07) is 11.2. The predicted octanol–water partition coefficient (Wildman–Crippen LogP) is 3.66. The van der Waals surface area contributed by atoms with Gasteiger partial charge in [-0.3, -0.25) is 14.5 Å². The lowest BCUT2D eigenvalue weighted by Crippen LogP contribution is -2.37. The number of nitrogens with zero attached hydrogens (tertiary/aromatic N) is 1. The zero-order valence-electron chi connectivity index (χ0n) is 16.6. The minimum atomic E-state index is -0.164. The van der Waals surface area contributed by atoms with Gasteiger partial charge < -0.3 is 14.8 Å². The van der Waals surface area contributed by atoms with Crippen molar-refractivity contribution in [3.8, 4) is 11.5 Å². The molecule has 2 aliphatic rings. The van der Waals surface area contributed by atoms with Gasteiger partial charge in [0, 0.05) is 18.7 Å². The van der Waals surface area contributed by atoms with E-state index in [0.29, 0.717) is 39.4 Å². The van der Waals surface area contributed by atoms with Crippen LogP contribution in [0.1, 0.15) is 27.0 Å². The molecule has 2 heterocycles. The van der Waals surface area contributed by atoms with E-state index in [0.717, 1.165) is 16.7 Å². The number of carbonyl (C=O) groups is 2. The van der Waals surface area contributed by atoms with Gasteiger partial charge in [0.1, 0.15) is 4.32 Å². The fraction of sp³-hybridized carbons (Fsp3) is 0.227. The molecule has 1 N–H and O–H groups in total. The lowest BCUT2D eigenvalue weighted by Gasteiger charge is -2.15. The third-order valence-electron chi connectivity index (χ3n) is 4.67. The van der Waals surface area contributed by atoms with Crippen molar-refractivity contribution in [2.75, 3.05) is 19.9 Å². The number of benzene rings is 2.